The number of carbonyl (C=O) groups is 2. The molecule has 0 spiro atoms. The van der Waals surface area contributed by atoms with Gasteiger partial charge in [0.25, 0.3) is 0 Å². The summed E-state index contributed by atoms with van der Waals surface area (Å²) in [5.74, 6) is 0.869. The van der Waals surface area contributed by atoms with E-state index in [1.807, 2.05) is 53.4 Å². The molecule has 0 aliphatic carbocycles. The van der Waals surface area contributed by atoms with E-state index in [-0.39, 0.29) is 11.8 Å². The first-order valence-corrected chi connectivity index (χ1v) is 10.2. The number of quaternary nitrogens is 1. The molecule has 1 fully saturated rings. The Hall–Kier alpha value is -2.57. The molecule has 29 heavy (non-hydrogen) atoms. The van der Waals surface area contributed by atoms with E-state index in [9.17, 15) is 9.59 Å². The fraction of sp³-hybridized carbons (Fsp3) is 0.364. The van der Waals surface area contributed by atoms with Crippen LogP contribution in [0.1, 0.15) is 12.5 Å². The van der Waals surface area contributed by atoms with Gasteiger partial charge in [0.1, 0.15) is 18.9 Å². The largest absolute Gasteiger partial charge is 0.488 e. The molecule has 0 atom stereocenters. The third-order valence-electron chi connectivity index (χ3n) is 4.99. The zero-order valence-electron chi connectivity index (χ0n) is 16.6. The number of piperazine rings is 1. The van der Waals surface area contributed by atoms with Crippen LogP contribution >= 0.6 is 11.6 Å². The number of nitrogens with one attached hydrogen (secondary N) is 2. The molecule has 0 saturated carbocycles. The Morgan fingerprint density at radius 2 is 1.72 bits per heavy atom. The van der Waals surface area contributed by atoms with Crippen LogP contribution in [-0.4, -0.2) is 56.0 Å². The highest BCUT2D eigenvalue weighted by Crippen LogP contribution is 2.15. The molecule has 0 radical (unpaired) electrons. The SMILES string of the molecule is CC(=O)Nc1ccc(CC(=O)N2CC[NH+](CCOc3ccc(Cl)cc3)CC2)cc1. The average molecular weight is 417 g/mol. The lowest BCUT2D eigenvalue weighted by Crippen LogP contribution is -3.15. The van der Waals surface area contributed by atoms with Crippen molar-refractivity contribution in [1.82, 2.24) is 4.90 Å². The van der Waals surface area contributed by atoms with E-state index >= 15 is 0 Å². The zero-order valence-corrected chi connectivity index (χ0v) is 17.4. The molecule has 7 heteroatoms. The van der Waals surface area contributed by atoms with Crippen LogP contribution in [0.4, 0.5) is 5.69 Å². The van der Waals surface area contributed by atoms with Gasteiger partial charge in [-0.15, -0.1) is 0 Å². The van der Waals surface area contributed by atoms with Gasteiger partial charge in [-0.1, -0.05) is 23.7 Å². The number of hydrogen-bond acceptors (Lipinski definition) is 3. The lowest BCUT2D eigenvalue weighted by Gasteiger charge is -2.32. The Morgan fingerprint density at radius 3 is 2.34 bits per heavy atom. The molecule has 6 nitrogen and oxygen atoms in total. The van der Waals surface area contributed by atoms with E-state index in [1.165, 1.54) is 11.8 Å². The van der Waals surface area contributed by atoms with Crippen LogP contribution in [0.2, 0.25) is 5.02 Å². The molecular formula is C22H27ClN3O3+. The molecule has 0 unspecified atom stereocenters. The van der Waals surface area contributed by atoms with Crippen molar-refractivity contribution in [2.45, 2.75) is 13.3 Å². The number of halogens is 1. The summed E-state index contributed by atoms with van der Waals surface area (Å²) in [4.78, 5) is 27.0. The number of rotatable bonds is 7. The Kier molecular flexibility index (Phi) is 7.49. The third-order valence-corrected chi connectivity index (χ3v) is 5.24. The highest BCUT2D eigenvalue weighted by atomic mass is 35.5. The summed E-state index contributed by atoms with van der Waals surface area (Å²) >= 11 is 5.88. The predicted octanol–water partition coefficient (Wildman–Crippen LogP) is 1.65. The fourth-order valence-corrected chi connectivity index (χ4v) is 3.49. The van der Waals surface area contributed by atoms with Gasteiger partial charge in [0.2, 0.25) is 11.8 Å². The smallest absolute Gasteiger partial charge is 0.227 e. The molecule has 1 aliphatic heterocycles. The van der Waals surface area contributed by atoms with Gasteiger partial charge < -0.3 is 19.9 Å². The van der Waals surface area contributed by atoms with Crippen LogP contribution in [-0.2, 0) is 16.0 Å². The summed E-state index contributed by atoms with van der Waals surface area (Å²) in [6, 6.07) is 14.8. The van der Waals surface area contributed by atoms with E-state index in [1.54, 1.807) is 0 Å². The quantitative estimate of drug-likeness (QED) is 0.721. The van der Waals surface area contributed by atoms with Crippen molar-refractivity contribution in [3.8, 4) is 5.75 Å². The second kappa shape index (κ2) is 10.3. The number of hydrogen-bond donors (Lipinski definition) is 2. The summed E-state index contributed by atoms with van der Waals surface area (Å²) in [5.41, 5.74) is 1.70. The zero-order chi connectivity index (χ0) is 20.6. The molecule has 154 valence electrons. The van der Waals surface area contributed by atoms with Gasteiger partial charge in [0.15, 0.2) is 0 Å². The molecule has 0 aromatic heterocycles. The second-order valence-corrected chi connectivity index (χ2v) is 7.67. The maximum atomic E-state index is 12.6. The molecule has 1 heterocycles. The van der Waals surface area contributed by atoms with Gasteiger partial charge in [0.05, 0.1) is 32.6 Å². The summed E-state index contributed by atoms with van der Waals surface area (Å²) < 4.78 is 5.76. The standard InChI is InChI=1S/C22H26ClN3O3/c1-17(27)24-20-6-2-18(3-7-20)16-22(28)26-12-10-25(11-13-26)14-15-29-21-8-4-19(23)5-9-21/h2-9H,10-16H2,1H3,(H,24,27)/p+1. The Morgan fingerprint density at radius 1 is 1.07 bits per heavy atom. The minimum absolute atomic E-state index is 0.104. The maximum absolute atomic E-state index is 12.6. The summed E-state index contributed by atoms with van der Waals surface area (Å²) in [7, 11) is 0. The van der Waals surface area contributed by atoms with Crippen LogP contribution in [0, 0.1) is 0 Å². The number of anilines is 1. The molecule has 2 aromatic carbocycles. The van der Waals surface area contributed by atoms with E-state index in [4.69, 9.17) is 16.3 Å². The number of amides is 2. The van der Waals surface area contributed by atoms with Crippen molar-refractivity contribution in [1.29, 1.82) is 0 Å². The van der Waals surface area contributed by atoms with Gasteiger partial charge in [-0.3, -0.25) is 9.59 Å². The topological polar surface area (TPSA) is 63.1 Å². The first-order valence-electron chi connectivity index (χ1n) is 9.86. The van der Waals surface area contributed by atoms with Gasteiger partial charge in [0, 0.05) is 17.6 Å². The number of carbonyl (C=O) groups excluding carboxylic acids is 2. The summed E-state index contributed by atoms with van der Waals surface area (Å²) in [6.07, 6.45) is 0.384. The van der Waals surface area contributed by atoms with Crippen molar-refractivity contribution in [3.05, 3.63) is 59.1 Å². The van der Waals surface area contributed by atoms with Crippen LogP contribution < -0.4 is 15.0 Å². The lowest BCUT2D eigenvalue weighted by molar-refractivity contribution is -0.904. The molecule has 1 aliphatic rings. The Bertz CT molecular complexity index is 816. The second-order valence-electron chi connectivity index (χ2n) is 7.24. The summed E-state index contributed by atoms with van der Waals surface area (Å²) in [5, 5.41) is 3.43. The van der Waals surface area contributed by atoms with Gasteiger partial charge in [-0.25, -0.2) is 0 Å². The first-order chi connectivity index (χ1) is 14.0. The average Bonchev–Trinajstić information content (AvgIpc) is 2.71. The summed E-state index contributed by atoms with van der Waals surface area (Å²) in [6.45, 7) is 6.41. The van der Waals surface area contributed by atoms with Crippen LogP contribution in [0.3, 0.4) is 0 Å². The third kappa shape index (κ3) is 6.76. The van der Waals surface area contributed by atoms with Gasteiger partial charge in [-0.2, -0.15) is 0 Å². The number of nitrogens with zero attached hydrogens (tertiary/aromatic N) is 1. The molecule has 3 rings (SSSR count). The molecule has 0 bridgehead atoms. The monoisotopic (exact) mass is 416 g/mol. The molecule has 2 N–H and O–H groups in total. The van der Waals surface area contributed by atoms with Crippen molar-refractivity contribution in [2.24, 2.45) is 0 Å². The van der Waals surface area contributed by atoms with E-state index in [0.29, 0.717) is 18.1 Å². The molecule has 2 aromatic rings. The fourth-order valence-electron chi connectivity index (χ4n) is 3.36. The highest BCUT2D eigenvalue weighted by Gasteiger charge is 2.23. The number of ether oxygens (including phenoxy) is 1. The van der Waals surface area contributed by atoms with Crippen molar-refractivity contribution in [2.75, 3.05) is 44.6 Å². The highest BCUT2D eigenvalue weighted by molar-refractivity contribution is 6.30. The van der Waals surface area contributed by atoms with Crippen molar-refractivity contribution in [3.63, 3.8) is 0 Å². The van der Waals surface area contributed by atoms with Gasteiger partial charge in [-0.05, 0) is 42.0 Å². The lowest BCUT2D eigenvalue weighted by atomic mass is 10.1. The Labute approximate surface area is 176 Å². The molecule has 1 saturated heterocycles. The minimum atomic E-state index is -0.104. The first kappa shape index (κ1) is 21.1. The van der Waals surface area contributed by atoms with Crippen molar-refractivity contribution < 1.29 is 19.2 Å². The minimum Gasteiger partial charge on any atom is -0.488 e. The number of benzene rings is 2. The molecule has 2 amide bonds. The predicted molar refractivity (Wildman–Crippen MR) is 114 cm³/mol. The van der Waals surface area contributed by atoms with Crippen LogP contribution in [0.15, 0.2) is 48.5 Å². The van der Waals surface area contributed by atoms with Gasteiger partial charge >= 0.3 is 0 Å². The molecular weight excluding hydrogens is 390 g/mol. The Balaban J connectivity index is 1.37. The van der Waals surface area contributed by atoms with E-state index < -0.39 is 0 Å². The van der Waals surface area contributed by atoms with Crippen LogP contribution in [0.25, 0.3) is 0 Å². The van der Waals surface area contributed by atoms with E-state index in [2.05, 4.69) is 5.32 Å². The maximum Gasteiger partial charge on any atom is 0.227 e. The normalized spacial score (nSPS) is 14.5. The van der Waals surface area contributed by atoms with E-state index in [0.717, 1.165) is 49.7 Å². The van der Waals surface area contributed by atoms with Crippen molar-refractivity contribution >= 4 is 29.1 Å². The van der Waals surface area contributed by atoms with Crippen LogP contribution in [0.5, 0.6) is 5.75 Å².